The monoisotopic (exact) mass is 569 g/mol. The van der Waals surface area contributed by atoms with Gasteiger partial charge in [0.05, 0.1) is 0 Å². The van der Waals surface area contributed by atoms with Gasteiger partial charge in [-0.3, -0.25) is 0 Å². The van der Waals surface area contributed by atoms with E-state index < -0.39 is 8.07 Å². The molecule has 0 aliphatic carbocycles. The molecule has 3 aromatic rings. The molecule has 0 N–H and O–H groups in total. The zero-order chi connectivity index (χ0) is 18.6. The first-order valence-electron chi connectivity index (χ1n) is 8.52. The Balaban J connectivity index is 0.00000261. The van der Waals surface area contributed by atoms with Gasteiger partial charge in [-0.2, -0.15) is 0 Å². The summed E-state index contributed by atoms with van der Waals surface area (Å²) in [6, 6.07) is 10.6. The van der Waals surface area contributed by atoms with Crippen molar-refractivity contribution in [2.24, 2.45) is 0 Å². The van der Waals surface area contributed by atoms with E-state index in [4.69, 9.17) is 16.3 Å². The molecule has 0 bridgehead atoms. The van der Waals surface area contributed by atoms with Crippen LogP contribution < -0.4 is 0 Å². The maximum absolute atomic E-state index is 6.01. The first-order chi connectivity index (χ1) is 12.4. The molecular weight excluding hydrogens is 548 g/mol. The molecule has 0 saturated heterocycles. The van der Waals surface area contributed by atoms with Crippen LogP contribution in [0, 0.1) is 6.33 Å². The molecule has 0 aliphatic rings. The van der Waals surface area contributed by atoms with Crippen LogP contribution in [0.25, 0.3) is 22.6 Å². The molecule has 3 rings (SSSR count). The number of ether oxygens (including phenoxy) is 1. The third-order valence-corrected chi connectivity index (χ3v) is 5.89. The summed E-state index contributed by atoms with van der Waals surface area (Å²) < 4.78 is 7.76. The van der Waals surface area contributed by atoms with Crippen LogP contribution in [0.3, 0.4) is 0 Å². The van der Waals surface area contributed by atoms with Crippen molar-refractivity contribution in [2.45, 2.75) is 32.4 Å². The third-order valence-electron chi connectivity index (χ3n) is 3.94. The molecule has 0 atom stereocenters. The van der Waals surface area contributed by atoms with Crippen molar-refractivity contribution >= 4 is 19.7 Å². The van der Waals surface area contributed by atoms with Crippen molar-refractivity contribution in [1.82, 2.24) is 19.5 Å². The number of imidazole rings is 1. The molecule has 0 radical (unpaired) electrons. The second-order valence-electron chi connectivity index (χ2n) is 7.29. The Hall–Kier alpha value is -1.33. The van der Waals surface area contributed by atoms with Crippen LogP contribution in [0.5, 0.6) is 0 Å². The number of nitrogens with zero attached hydrogens (tertiary/aromatic N) is 4. The van der Waals surface area contributed by atoms with Crippen LogP contribution in [-0.2, 0) is 32.5 Å². The summed E-state index contributed by atoms with van der Waals surface area (Å²) in [5.41, 5.74) is 3.41. The van der Waals surface area contributed by atoms with Crippen LogP contribution in [0.2, 0.25) is 30.7 Å². The summed E-state index contributed by atoms with van der Waals surface area (Å²) in [5, 5.41) is 0.690. The molecule has 0 saturated carbocycles. The maximum Gasteiger partial charge on any atom is 2.00 e. The smallest absolute Gasteiger partial charge is 0.424 e. The van der Waals surface area contributed by atoms with Gasteiger partial charge >= 0.3 is 21.1 Å². The summed E-state index contributed by atoms with van der Waals surface area (Å²) in [6.45, 7) is 8.14. The van der Waals surface area contributed by atoms with Gasteiger partial charge in [-0.1, -0.05) is 60.3 Å². The Morgan fingerprint density at radius 3 is 2.52 bits per heavy atom. The fourth-order valence-corrected chi connectivity index (χ4v) is 3.35. The van der Waals surface area contributed by atoms with Crippen molar-refractivity contribution in [3.8, 4) is 22.6 Å². The fraction of sp³-hybridized carbons (Fsp3) is 0.316. The van der Waals surface area contributed by atoms with Gasteiger partial charge in [0, 0.05) is 37.9 Å². The van der Waals surface area contributed by atoms with Crippen LogP contribution in [0.15, 0.2) is 42.9 Å². The average molecular weight is 570 g/mol. The minimum atomic E-state index is -1.12. The van der Waals surface area contributed by atoms with E-state index in [0.29, 0.717) is 11.8 Å². The standard InChI is InChI=1S/C19H22ClN4OSi.W/c1-26(2,3)11-10-25-14-24-13-23-18(15-4-6-16(20)7-5-15)19(24)17-8-9-21-12-22-17;/h4-9,12H,10-11,14H2,1-3H3;/q-1;+2. The van der Waals surface area contributed by atoms with E-state index >= 15 is 0 Å². The van der Waals surface area contributed by atoms with Crippen molar-refractivity contribution in [2.75, 3.05) is 6.61 Å². The van der Waals surface area contributed by atoms with Crippen molar-refractivity contribution in [3.63, 3.8) is 0 Å². The van der Waals surface area contributed by atoms with Crippen LogP contribution >= 0.6 is 11.6 Å². The van der Waals surface area contributed by atoms with Crippen LogP contribution in [0.4, 0.5) is 0 Å². The number of rotatable bonds is 7. The van der Waals surface area contributed by atoms with E-state index in [1.807, 2.05) is 34.9 Å². The Morgan fingerprint density at radius 2 is 1.89 bits per heavy atom. The molecule has 0 spiro atoms. The molecule has 27 heavy (non-hydrogen) atoms. The zero-order valence-corrected chi connectivity index (χ0v) is 20.3. The molecule has 140 valence electrons. The summed E-state index contributed by atoms with van der Waals surface area (Å²) in [6.07, 6.45) is 6.29. The summed E-state index contributed by atoms with van der Waals surface area (Å²) in [5.74, 6) is 0. The summed E-state index contributed by atoms with van der Waals surface area (Å²) in [7, 11) is -1.12. The Labute approximate surface area is 180 Å². The normalized spacial score (nSPS) is 11.3. The second kappa shape index (κ2) is 9.74. The molecular formula is C19H22ClN4OSiW+. The number of benzene rings is 1. The minimum Gasteiger partial charge on any atom is -0.424 e. The SMILES string of the molecule is C[Si](C)(C)CCOCn1[c-]nc(-c2ccc(Cl)cc2)c1-c1ccncn1.[W+2]. The number of hydrogen-bond acceptors (Lipinski definition) is 4. The van der Waals surface area contributed by atoms with Crippen LogP contribution in [0.1, 0.15) is 0 Å². The van der Waals surface area contributed by atoms with E-state index in [0.717, 1.165) is 35.3 Å². The van der Waals surface area contributed by atoms with E-state index in [1.54, 1.807) is 6.20 Å². The van der Waals surface area contributed by atoms with Crippen molar-refractivity contribution in [1.29, 1.82) is 0 Å². The molecule has 2 aromatic heterocycles. The fourth-order valence-electron chi connectivity index (χ4n) is 2.47. The molecule has 8 heteroatoms. The largest absolute Gasteiger partial charge is 2.00 e. The van der Waals surface area contributed by atoms with Gasteiger partial charge < -0.3 is 14.3 Å². The molecule has 0 unspecified atom stereocenters. The summed E-state index contributed by atoms with van der Waals surface area (Å²) in [4.78, 5) is 12.9. The molecule has 0 fully saturated rings. The Bertz CT molecular complexity index is 850. The predicted molar refractivity (Wildman–Crippen MR) is 107 cm³/mol. The average Bonchev–Trinajstić information content (AvgIpc) is 3.03. The first kappa shape index (κ1) is 22.0. The molecule has 0 aliphatic heterocycles. The Morgan fingerprint density at radius 1 is 1.15 bits per heavy atom. The van der Waals surface area contributed by atoms with Gasteiger partial charge in [-0.25, -0.2) is 9.97 Å². The minimum absolute atomic E-state index is 0. The number of aromatic nitrogens is 4. The van der Waals surface area contributed by atoms with Crippen molar-refractivity contribution < 1.29 is 25.8 Å². The van der Waals surface area contributed by atoms with Gasteiger partial charge in [0.25, 0.3) is 0 Å². The molecule has 1 aromatic carbocycles. The van der Waals surface area contributed by atoms with Gasteiger partial charge in [0.2, 0.25) is 0 Å². The molecule has 5 nitrogen and oxygen atoms in total. The molecule has 0 amide bonds. The second-order valence-corrected chi connectivity index (χ2v) is 13.3. The van der Waals surface area contributed by atoms with Gasteiger partial charge in [0.15, 0.2) is 0 Å². The van der Waals surface area contributed by atoms with Crippen LogP contribution in [-0.4, -0.2) is 34.2 Å². The van der Waals surface area contributed by atoms with E-state index in [9.17, 15) is 0 Å². The predicted octanol–water partition coefficient (Wildman–Crippen LogP) is 4.77. The number of hydrogen-bond donors (Lipinski definition) is 0. The third kappa shape index (κ3) is 6.08. The van der Waals surface area contributed by atoms with E-state index in [1.165, 1.54) is 6.33 Å². The quantitative estimate of drug-likeness (QED) is 0.234. The first-order valence-corrected chi connectivity index (χ1v) is 12.6. The van der Waals surface area contributed by atoms with E-state index in [-0.39, 0.29) is 21.1 Å². The molecule has 2 heterocycles. The number of halogens is 1. The van der Waals surface area contributed by atoms with Gasteiger partial charge in [0.1, 0.15) is 13.1 Å². The topological polar surface area (TPSA) is 52.8 Å². The van der Waals surface area contributed by atoms with Crippen molar-refractivity contribution in [3.05, 3.63) is 54.2 Å². The van der Waals surface area contributed by atoms with Gasteiger partial charge in [-0.05, 0) is 24.2 Å². The maximum atomic E-state index is 6.01. The Kier molecular flexibility index (Phi) is 7.92. The van der Waals surface area contributed by atoms with E-state index in [2.05, 4.69) is 40.9 Å². The van der Waals surface area contributed by atoms with Gasteiger partial charge in [-0.15, -0.1) is 0 Å². The zero-order valence-electron chi connectivity index (χ0n) is 15.6. The summed E-state index contributed by atoms with van der Waals surface area (Å²) >= 11 is 6.01.